The number of para-hydroxylation sites is 1. The Hall–Kier alpha value is -2.05. The van der Waals surface area contributed by atoms with Gasteiger partial charge in [-0.25, -0.2) is 0 Å². The van der Waals surface area contributed by atoms with Crippen LogP contribution in [0.15, 0.2) is 59.1 Å². The zero-order valence-electron chi connectivity index (χ0n) is 9.48. The van der Waals surface area contributed by atoms with E-state index in [1.165, 1.54) is 0 Å². The highest BCUT2D eigenvalue weighted by atomic mass is 79.9. The molecule has 0 spiro atoms. The lowest BCUT2D eigenvalue weighted by atomic mass is 10.2. The third kappa shape index (κ3) is 3.76. The largest absolute Gasteiger partial charge is 0.315 e. The molecular weight excluding hydrogens is 290 g/mol. The number of halogens is 1. The molecule has 0 atom stereocenters. The van der Waals surface area contributed by atoms with Gasteiger partial charge in [0.1, 0.15) is 0 Å². The Bertz CT molecular complexity index is 594. The molecule has 0 saturated heterocycles. The maximum absolute atomic E-state index is 11.6. The summed E-state index contributed by atoms with van der Waals surface area (Å²) in [6.07, 6.45) is 0. The van der Waals surface area contributed by atoms with E-state index in [2.05, 4.69) is 33.1 Å². The zero-order chi connectivity index (χ0) is 12.8. The minimum Gasteiger partial charge on any atom is -0.315 e. The van der Waals surface area contributed by atoms with Crippen LogP contribution in [0.4, 0.5) is 5.69 Å². The fourth-order valence-corrected chi connectivity index (χ4v) is 1.61. The molecule has 0 radical (unpaired) electrons. The highest BCUT2D eigenvalue weighted by Gasteiger charge is 1.96. The molecule has 2 rings (SSSR count). The van der Waals surface area contributed by atoms with Crippen molar-refractivity contribution in [3.05, 3.63) is 64.6 Å². The van der Waals surface area contributed by atoms with Gasteiger partial charge in [0.25, 0.3) is 0 Å². The monoisotopic (exact) mass is 299 g/mol. The molecule has 18 heavy (non-hydrogen) atoms. The van der Waals surface area contributed by atoms with Crippen LogP contribution in [-0.4, -0.2) is 5.91 Å². The number of hydrogen-bond donors (Lipinski definition) is 1. The molecular formula is C15H10BrNO. The average molecular weight is 300 g/mol. The van der Waals surface area contributed by atoms with E-state index in [-0.39, 0.29) is 5.91 Å². The highest BCUT2D eigenvalue weighted by Crippen LogP contribution is 2.09. The van der Waals surface area contributed by atoms with E-state index in [0.29, 0.717) is 0 Å². The highest BCUT2D eigenvalue weighted by molar-refractivity contribution is 9.10. The second-order valence-corrected chi connectivity index (χ2v) is 4.49. The maximum atomic E-state index is 11.6. The van der Waals surface area contributed by atoms with Gasteiger partial charge in [-0.05, 0) is 36.4 Å². The second-order valence-electron chi connectivity index (χ2n) is 3.58. The quantitative estimate of drug-likeness (QED) is 0.803. The fraction of sp³-hybridized carbons (Fsp3) is 0. The standard InChI is InChI=1S/C15H10BrNO/c16-13-9-6-12(7-10-13)8-11-15(18)17-14-4-2-1-3-5-14/h1-7,9-10H,(H,17,18). The molecule has 88 valence electrons. The number of amides is 1. The first-order valence-electron chi connectivity index (χ1n) is 5.38. The Labute approximate surface area is 114 Å². The van der Waals surface area contributed by atoms with Crippen molar-refractivity contribution in [3.8, 4) is 11.8 Å². The molecule has 0 aromatic heterocycles. The molecule has 2 aromatic carbocycles. The SMILES string of the molecule is O=C(C#Cc1ccc(Br)cc1)Nc1ccccc1. The normalized spacial score (nSPS) is 9.17. The van der Waals surface area contributed by atoms with Gasteiger partial charge in [-0.3, -0.25) is 4.79 Å². The van der Waals surface area contributed by atoms with Crippen molar-refractivity contribution in [2.45, 2.75) is 0 Å². The first-order valence-corrected chi connectivity index (χ1v) is 6.17. The van der Waals surface area contributed by atoms with Crippen molar-refractivity contribution >= 4 is 27.5 Å². The number of benzene rings is 2. The Morgan fingerprint density at radius 1 is 1.00 bits per heavy atom. The van der Waals surface area contributed by atoms with Gasteiger partial charge in [0, 0.05) is 21.6 Å². The van der Waals surface area contributed by atoms with Gasteiger partial charge in [0.2, 0.25) is 0 Å². The second kappa shape index (κ2) is 6.04. The summed E-state index contributed by atoms with van der Waals surface area (Å²) in [6, 6.07) is 16.7. The predicted octanol–water partition coefficient (Wildman–Crippen LogP) is 3.44. The molecule has 2 nitrogen and oxygen atoms in total. The molecule has 2 aromatic rings. The van der Waals surface area contributed by atoms with Crippen molar-refractivity contribution in [2.75, 3.05) is 5.32 Å². The van der Waals surface area contributed by atoms with Gasteiger partial charge in [0.05, 0.1) is 0 Å². The lowest BCUT2D eigenvalue weighted by molar-refractivity contribution is -0.111. The molecule has 0 aliphatic rings. The van der Waals surface area contributed by atoms with E-state index in [1.807, 2.05) is 54.6 Å². The summed E-state index contributed by atoms with van der Waals surface area (Å²) in [4.78, 5) is 11.6. The van der Waals surface area contributed by atoms with Gasteiger partial charge in [0.15, 0.2) is 0 Å². The predicted molar refractivity (Wildman–Crippen MR) is 76.1 cm³/mol. The van der Waals surface area contributed by atoms with Crippen LogP contribution in [0.3, 0.4) is 0 Å². The molecule has 1 N–H and O–H groups in total. The van der Waals surface area contributed by atoms with Crippen LogP contribution in [0, 0.1) is 11.8 Å². The Morgan fingerprint density at radius 2 is 1.67 bits per heavy atom. The van der Waals surface area contributed by atoms with Crippen LogP contribution < -0.4 is 5.32 Å². The topological polar surface area (TPSA) is 29.1 Å². The van der Waals surface area contributed by atoms with Crippen LogP contribution >= 0.6 is 15.9 Å². The van der Waals surface area contributed by atoms with Crippen molar-refractivity contribution in [1.29, 1.82) is 0 Å². The molecule has 0 aliphatic carbocycles. The number of carbonyl (C=O) groups excluding carboxylic acids is 1. The minimum absolute atomic E-state index is 0.316. The van der Waals surface area contributed by atoms with Gasteiger partial charge in [-0.1, -0.05) is 40.0 Å². The van der Waals surface area contributed by atoms with Gasteiger partial charge >= 0.3 is 5.91 Å². The van der Waals surface area contributed by atoms with E-state index >= 15 is 0 Å². The number of anilines is 1. The third-order valence-corrected chi connectivity index (χ3v) is 2.72. The lowest BCUT2D eigenvalue weighted by Gasteiger charge is -1.98. The fourth-order valence-electron chi connectivity index (χ4n) is 1.35. The summed E-state index contributed by atoms with van der Waals surface area (Å²) >= 11 is 3.34. The van der Waals surface area contributed by atoms with Gasteiger partial charge < -0.3 is 5.32 Å². The van der Waals surface area contributed by atoms with Crippen LogP contribution in [0.2, 0.25) is 0 Å². The Balaban J connectivity index is 2.02. The summed E-state index contributed by atoms with van der Waals surface area (Å²) in [5.74, 6) is 5.04. The molecule has 1 amide bonds. The third-order valence-electron chi connectivity index (χ3n) is 2.20. The number of hydrogen-bond acceptors (Lipinski definition) is 1. The van der Waals surface area contributed by atoms with Crippen molar-refractivity contribution in [3.63, 3.8) is 0 Å². The Morgan fingerprint density at radius 3 is 2.33 bits per heavy atom. The average Bonchev–Trinajstić information content (AvgIpc) is 2.39. The van der Waals surface area contributed by atoms with Gasteiger partial charge in [-0.2, -0.15) is 0 Å². The summed E-state index contributed by atoms with van der Waals surface area (Å²) < 4.78 is 0.988. The van der Waals surface area contributed by atoms with Gasteiger partial charge in [-0.15, -0.1) is 0 Å². The van der Waals surface area contributed by atoms with Crippen molar-refractivity contribution in [2.24, 2.45) is 0 Å². The first kappa shape index (κ1) is 12.4. The maximum Gasteiger partial charge on any atom is 0.300 e. The van der Waals surface area contributed by atoms with Crippen molar-refractivity contribution in [1.82, 2.24) is 0 Å². The van der Waals surface area contributed by atoms with E-state index in [1.54, 1.807) is 0 Å². The molecule has 0 bridgehead atoms. The number of nitrogens with one attached hydrogen (secondary N) is 1. The van der Waals surface area contributed by atoms with Crippen LogP contribution in [0.5, 0.6) is 0 Å². The van der Waals surface area contributed by atoms with E-state index in [0.717, 1.165) is 15.7 Å². The summed E-state index contributed by atoms with van der Waals surface area (Å²) in [5.41, 5.74) is 1.55. The van der Waals surface area contributed by atoms with E-state index < -0.39 is 0 Å². The van der Waals surface area contributed by atoms with Crippen LogP contribution in [0.25, 0.3) is 0 Å². The number of carbonyl (C=O) groups is 1. The summed E-state index contributed by atoms with van der Waals surface area (Å²) in [5, 5.41) is 2.70. The zero-order valence-corrected chi connectivity index (χ0v) is 11.1. The minimum atomic E-state index is -0.316. The van der Waals surface area contributed by atoms with Crippen LogP contribution in [-0.2, 0) is 4.79 Å². The molecule has 3 heteroatoms. The molecule has 0 heterocycles. The molecule has 0 aliphatic heterocycles. The van der Waals surface area contributed by atoms with Crippen LogP contribution in [0.1, 0.15) is 5.56 Å². The smallest absolute Gasteiger partial charge is 0.300 e. The Kier molecular flexibility index (Phi) is 4.16. The lowest BCUT2D eigenvalue weighted by Crippen LogP contribution is -2.08. The summed E-state index contributed by atoms with van der Waals surface area (Å²) in [7, 11) is 0. The molecule has 0 saturated carbocycles. The summed E-state index contributed by atoms with van der Waals surface area (Å²) in [6.45, 7) is 0. The van der Waals surface area contributed by atoms with Crippen molar-refractivity contribution < 1.29 is 4.79 Å². The van der Waals surface area contributed by atoms with E-state index in [9.17, 15) is 4.79 Å². The van der Waals surface area contributed by atoms with E-state index in [4.69, 9.17) is 0 Å². The molecule has 0 unspecified atom stereocenters. The first-order chi connectivity index (χ1) is 8.74. The number of rotatable bonds is 1. The molecule has 0 fully saturated rings.